The van der Waals surface area contributed by atoms with E-state index in [1.807, 2.05) is 0 Å². The Balaban J connectivity index is 2.33. The Morgan fingerprint density at radius 3 is 2.80 bits per heavy atom. The lowest BCUT2D eigenvalue weighted by Gasteiger charge is -2.53. The Kier molecular flexibility index (Phi) is 2.70. The second-order valence-corrected chi connectivity index (χ2v) is 5.39. The fourth-order valence-electron chi connectivity index (χ4n) is 2.22. The van der Waals surface area contributed by atoms with Gasteiger partial charge in [-0.05, 0) is 6.92 Å². The smallest absolute Gasteiger partial charge is 0.254 e. The highest BCUT2D eigenvalue weighted by Crippen LogP contribution is 2.35. The number of hydrogen-bond acceptors (Lipinski definition) is 5. The van der Waals surface area contributed by atoms with Crippen molar-refractivity contribution in [2.24, 2.45) is 0 Å². The summed E-state index contributed by atoms with van der Waals surface area (Å²) in [6.07, 6.45) is -3.95. The summed E-state index contributed by atoms with van der Waals surface area (Å²) in [6, 6.07) is 0. The molecular weight excluding hydrogens is 218 g/mol. The van der Waals surface area contributed by atoms with Crippen molar-refractivity contribution in [3.8, 4) is 0 Å². The van der Waals surface area contributed by atoms with Gasteiger partial charge in [0.25, 0.3) is 5.91 Å². The third-order valence-corrected chi connectivity index (χ3v) is 4.53. The van der Waals surface area contributed by atoms with Crippen LogP contribution in [-0.2, 0) is 4.79 Å². The van der Waals surface area contributed by atoms with E-state index < -0.39 is 29.8 Å². The van der Waals surface area contributed by atoms with Crippen molar-refractivity contribution in [1.82, 2.24) is 4.90 Å². The van der Waals surface area contributed by atoms with Crippen LogP contribution in [-0.4, -0.2) is 68.0 Å². The van der Waals surface area contributed by atoms with Gasteiger partial charge < -0.3 is 20.2 Å². The summed E-state index contributed by atoms with van der Waals surface area (Å²) in [5.74, 6) is 0.913. The molecule has 2 aliphatic heterocycles. The summed E-state index contributed by atoms with van der Waals surface area (Å²) in [7, 11) is 0. The van der Waals surface area contributed by atoms with Crippen LogP contribution in [0.4, 0.5) is 0 Å². The van der Waals surface area contributed by atoms with Gasteiger partial charge >= 0.3 is 0 Å². The maximum Gasteiger partial charge on any atom is 0.254 e. The van der Waals surface area contributed by atoms with Crippen molar-refractivity contribution in [1.29, 1.82) is 0 Å². The summed E-state index contributed by atoms with van der Waals surface area (Å²) >= 11 is 1.64. The third kappa shape index (κ3) is 1.47. The number of carbonyl (C=O) groups is 1. The van der Waals surface area contributed by atoms with Crippen LogP contribution in [0.2, 0.25) is 0 Å². The van der Waals surface area contributed by atoms with E-state index in [4.69, 9.17) is 0 Å². The third-order valence-electron chi connectivity index (χ3n) is 3.27. The van der Waals surface area contributed by atoms with Crippen LogP contribution in [0.1, 0.15) is 6.92 Å². The van der Waals surface area contributed by atoms with Crippen molar-refractivity contribution in [2.75, 3.05) is 18.1 Å². The maximum absolute atomic E-state index is 11.7. The van der Waals surface area contributed by atoms with Gasteiger partial charge in [0.05, 0.1) is 5.54 Å². The van der Waals surface area contributed by atoms with Crippen LogP contribution in [0.25, 0.3) is 0 Å². The van der Waals surface area contributed by atoms with Crippen LogP contribution in [0.15, 0.2) is 0 Å². The number of thioether (sulfide) groups is 1. The van der Waals surface area contributed by atoms with Crippen molar-refractivity contribution in [3.05, 3.63) is 0 Å². The van der Waals surface area contributed by atoms with Crippen LogP contribution in [0, 0.1) is 0 Å². The largest absolute Gasteiger partial charge is 0.388 e. The van der Waals surface area contributed by atoms with E-state index >= 15 is 0 Å². The molecule has 2 saturated heterocycles. The Morgan fingerprint density at radius 2 is 2.13 bits per heavy atom. The number of carbonyl (C=O) groups excluding carboxylic acids is 1. The molecule has 2 heterocycles. The van der Waals surface area contributed by atoms with E-state index in [0.29, 0.717) is 12.3 Å². The maximum atomic E-state index is 11.7. The van der Waals surface area contributed by atoms with Crippen molar-refractivity contribution >= 4 is 17.7 Å². The summed E-state index contributed by atoms with van der Waals surface area (Å²) in [6.45, 7) is 2.26. The molecule has 3 N–H and O–H groups in total. The SMILES string of the molecule is C[C@@]12CSCCN1C(=O)[C@@H](O)[C@@H](O)[C@@H]2O. The molecule has 15 heavy (non-hydrogen) atoms. The molecule has 6 heteroatoms. The van der Waals surface area contributed by atoms with E-state index in [2.05, 4.69) is 0 Å². The molecule has 0 saturated carbocycles. The fourth-order valence-corrected chi connectivity index (χ4v) is 3.42. The molecule has 0 bridgehead atoms. The quantitative estimate of drug-likeness (QED) is 0.470. The van der Waals surface area contributed by atoms with E-state index in [9.17, 15) is 20.1 Å². The molecule has 0 aromatic rings. The van der Waals surface area contributed by atoms with Gasteiger partial charge in [0.1, 0.15) is 12.2 Å². The van der Waals surface area contributed by atoms with Crippen LogP contribution in [0.5, 0.6) is 0 Å². The van der Waals surface area contributed by atoms with E-state index in [1.165, 1.54) is 4.90 Å². The van der Waals surface area contributed by atoms with E-state index in [0.717, 1.165) is 5.75 Å². The Bertz CT molecular complexity index is 287. The minimum Gasteiger partial charge on any atom is -0.388 e. The molecule has 2 aliphatic rings. The van der Waals surface area contributed by atoms with Gasteiger partial charge in [0.15, 0.2) is 6.10 Å². The number of nitrogens with zero attached hydrogens (tertiary/aromatic N) is 1. The van der Waals surface area contributed by atoms with Crippen LogP contribution in [0.3, 0.4) is 0 Å². The van der Waals surface area contributed by atoms with Crippen molar-refractivity contribution < 1.29 is 20.1 Å². The van der Waals surface area contributed by atoms with Gasteiger partial charge in [-0.25, -0.2) is 0 Å². The molecule has 2 rings (SSSR count). The van der Waals surface area contributed by atoms with Gasteiger partial charge in [-0.3, -0.25) is 4.79 Å². The van der Waals surface area contributed by atoms with Crippen molar-refractivity contribution in [2.45, 2.75) is 30.8 Å². The predicted octanol–water partition coefficient (Wildman–Crippen LogP) is -1.58. The van der Waals surface area contributed by atoms with Gasteiger partial charge in [-0.1, -0.05) is 0 Å². The molecular formula is C9H15NO4S. The number of hydrogen-bond donors (Lipinski definition) is 3. The highest BCUT2D eigenvalue weighted by Gasteiger charge is 2.54. The van der Waals surface area contributed by atoms with Gasteiger partial charge in [0.2, 0.25) is 0 Å². The number of rotatable bonds is 0. The second-order valence-electron chi connectivity index (χ2n) is 4.28. The minimum absolute atomic E-state index is 0.476. The summed E-state index contributed by atoms with van der Waals surface area (Å²) in [5, 5.41) is 28.9. The predicted molar refractivity (Wildman–Crippen MR) is 55.5 cm³/mol. The number of aliphatic hydroxyl groups is 3. The lowest BCUT2D eigenvalue weighted by atomic mass is 9.83. The van der Waals surface area contributed by atoms with Gasteiger partial charge in [0, 0.05) is 18.1 Å². The standard InChI is InChI=1S/C9H15NO4S/c1-9-4-15-3-2-10(9)8(14)6(12)5(11)7(9)13/h5-7,11-13H,2-4H2,1H3/t5-,6+,7+,9+/m1/s1. The first-order valence-electron chi connectivity index (χ1n) is 4.92. The first-order chi connectivity index (χ1) is 6.98. The molecule has 0 aromatic carbocycles. The summed E-state index contributed by atoms with van der Waals surface area (Å²) in [5.41, 5.74) is -0.751. The molecule has 0 radical (unpaired) electrons. The molecule has 0 aromatic heterocycles. The first kappa shape index (κ1) is 11.2. The zero-order valence-electron chi connectivity index (χ0n) is 8.46. The highest BCUT2D eigenvalue weighted by atomic mass is 32.2. The lowest BCUT2D eigenvalue weighted by molar-refractivity contribution is -0.187. The highest BCUT2D eigenvalue weighted by molar-refractivity contribution is 7.99. The minimum atomic E-state index is -1.49. The zero-order chi connectivity index (χ0) is 11.2. The molecule has 5 nitrogen and oxygen atoms in total. The Hall–Kier alpha value is -0.300. The topological polar surface area (TPSA) is 81.0 Å². The zero-order valence-corrected chi connectivity index (χ0v) is 9.28. The molecule has 0 aliphatic carbocycles. The Morgan fingerprint density at radius 1 is 1.47 bits per heavy atom. The fraction of sp³-hybridized carbons (Fsp3) is 0.889. The number of piperidine rings is 1. The molecule has 2 fully saturated rings. The van der Waals surface area contributed by atoms with Crippen molar-refractivity contribution in [3.63, 3.8) is 0 Å². The number of fused-ring (bicyclic) bond motifs is 1. The molecule has 0 unspecified atom stereocenters. The van der Waals surface area contributed by atoms with Crippen LogP contribution < -0.4 is 0 Å². The number of amides is 1. The molecule has 4 atom stereocenters. The summed E-state index contributed by atoms with van der Waals surface area (Å²) in [4.78, 5) is 13.2. The second kappa shape index (κ2) is 3.62. The normalized spacial score (nSPS) is 46.5. The van der Waals surface area contributed by atoms with E-state index in [1.54, 1.807) is 18.7 Å². The van der Waals surface area contributed by atoms with Crippen LogP contribution >= 0.6 is 11.8 Å². The molecule has 1 amide bonds. The average molecular weight is 233 g/mol. The van der Waals surface area contributed by atoms with Gasteiger partial charge in [-0.15, -0.1) is 0 Å². The lowest BCUT2D eigenvalue weighted by Crippen LogP contribution is -2.72. The van der Waals surface area contributed by atoms with Gasteiger partial charge in [-0.2, -0.15) is 11.8 Å². The Labute approximate surface area is 92.1 Å². The molecule has 0 spiro atoms. The average Bonchev–Trinajstić information content (AvgIpc) is 2.24. The monoisotopic (exact) mass is 233 g/mol. The number of aliphatic hydroxyl groups excluding tert-OH is 3. The first-order valence-corrected chi connectivity index (χ1v) is 6.07. The van der Waals surface area contributed by atoms with E-state index in [-0.39, 0.29) is 0 Å². The summed E-state index contributed by atoms with van der Waals surface area (Å²) < 4.78 is 0. The molecule has 86 valence electrons.